The maximum atomic E-state index is 13.7. The first-order valence-electron chi connectivity index (χ1n) is 21.7. The highest BCUT2D eigenvalue weighted by Gasteiger charge is 2.52. The quantitative estimate of drug-likeness (QED) is 0.0532. The Labute approximate surface area is 374 Å². The summed E-state index contributed by atoms with van der Waals surface area (Å²) in [7, 11) is -3.04. The molecule has 7 rings (SSSR count). The maximum absolute atomic E-state index is 13.7. The van der Waals surface area contributed by atoms with Gasteiger partial charge in [0.05, 0.1) is 12.9 Å². The Kier molecular flexibility index (Phi) is 14.7. The smallest absolute Gasteiger partial charge is 0.445 e. The number of piperidine rings is 1. The van der Waals surface area contributed by atoms with Crippen molar-refractivity contribution >= 4 is 48.1 Å². The summed E-state index contributed by atoms with van der Waals surface area (Å²) in [6, 6.07) is 28.1. The third kappa shape index (κ3) is 10.4. The average molecular weight is 888 g/mol. The number of aromatic nitrogens is 4. The molecule has 2 aliphatic heterocycles. The van der Waals surface area contributed by atoms with Crippen LogP contribution in [-0.2, 0) is 29.9 Å². The minimum atomic E-state index is -3.04. The van der Waals surface area contributed by atoms with Gasteiger partial charge in [-0.25, -0.2) is 14.6 Å². The lowest BCUT2D eigenvalue weighted by Gasteiger charge is -2.43. The fourth-order valence-electron chi connectivity index (χ4n) is 8.82. The number of ether oxygens (including phenoxy) is 4. The zero-order valence-corrected chi connectivity index (χ0v) is 37.7. The number of nitrogen functional groups attached to an aromatic ring is 1. The first-order chi connectivity index (χ1) is 30.9. The molecule has 4 atom stereocenters. The second-order valence-electron chi connectivity index (χ2n) is 17.2. The fraction of sp³-hybridized carbons (Fsp3) is 0.396. The van der Waals surface area contributed by atoms with E-state index >= 15 is 0 Å². The molecule has 2 saturated heterocycles. The van der Waals surface area contributed by atoms with Gasteiger partial charge in [-0.15, -0.1) is 6.42 Å². The van der Waals surface area contributed by atoms with E-state index < -0.39 is 38.5 Å². The van der Waals surface area contributed by atoms with Crippen LogP contribution in [0.15, 0.2) is 109 Å². The van der Waals surface area contributed by atoms with Gasteiger partial charge in [-0.05, 0) is 52.4 Å². The molecule has 2 aliphatic rings. The van der Waals surface area contributed by atoms with Crippen LogP contribution in [0.3, 0.4) is 0 Å². The van der Waals surface area contributed by atoms with Gasteiger partial charge in [-0.1, -0.05) is 112 Å². The molecule has 3 aromatic carbocycles. The van der Waals surface area contributed by atoms with Crippen molar-refractivity contribution in [2.45, 2.75) is 82.5 Å². The predicted octanol–water partition coefficient (Wildman–Crippen LogP) is 5.75. The van der Waals surface area contributed by atoms with Gasteiger partial charge in [0.25, 0.3) is 13.9 Å². The zero-order chi connectivity index (χ0) is 45.3. The van der Waals surface area contributed by atoms with Crippen LogP contribution in [0.4, 0.5) is 15.5 Å². The molecule has 5 aromatic rings. The SMILES string of the molecule is C#Cc1ccc(CN(CCOC(=O)O[C@H]2C[C@H](n3cnc4c(=O)[nH]c(N)nc43)O[C@@H]2CO[Si](c2ccccc2)(c2ccccc2)C(C)(C)C)CC2CCCCN2C(=O)OCC=C)cc1. The van der Waals surface area contributed by atoms with E-state index in [0.717, 1.165) is 40.8 Å². The molecular formula is C48H57N7O8Si. The van der Waals surface area contributed by atoms with Gasteiger partial charge < -0.3 is 34.0 Å². The summed E-state index contributed by atoms with van der Waals surface area (Å²) < 4.78 is 32.9. The number of hydrogen-bond donors (Lipinski definition) is 2. The molecule has 0 spiro atoms. The number of nitrogens with two attached hydrogens (primary N) is 1. The maximum Gasteiger partial charge on any atom is 0.508 e. The Bertz CT molecular complexity index is 2430. The standard InChI is InChI=1S/C48H57N7O8Si/c1-6-27-59-46(57)54-25-15-14-16-36(54)31-53(30-35-23-21-34(7-2)22-24-35)26-28-60-47(58)63-39-29-41(55-33-50-42-43(55)51-45(49)52-44(42)56)62-40(39)32-61-64(48(3,4)5,37-17-10-8-11-18-37)38-19-12-9-13-20-38/h2,6,8-13,17-24,33,36,39-41H,1,14-16,25-32H2,3-5H3,(H3,49,51,52,56)/t36?,39-,40+,41+/m0/s1. The lowest BCUT2D eigenvalue weighted by molar-refractivity contribution is -0.0535. The Morgan fingerprint density at radius 3 is 2.41 bits per heavy atom. The van der Waals surface area contributed by atoms with Gasteiger partial charge in [-0.2, -0.15) is 4.98 Å². The summed E-state index contributed by atoms with van der Waals surface area (Å²) in [5, 5.41) is 1.84. The monoisotopic (exact) mass is 887 g/mol. The molecule has 0 bridgehead atoms. The van der Waals surface area contributed by atoms with E-state index in [1.807, 2.05) is 60.7 Å². The van der Waals surface area contributed by atoms with Crippen LogP contribution < -0.4 is 21.7 Å². The number of anilines is 1. The second kappa shape index (κ2) is 20.5. The third-order valence-electron chi connectivity index (χ3n) is 11.9. The Morgan fingerprint density at radius 2 is 1.75 bits per heavy atom. The van der Waals surface area contributed by atoms with Crippen molar-refractivity contribution in [2.75, 3.05) is 45.2 Å². The molecule has 64 heavy (non-hydrogen) atoms. The zero-order valence-electron chi connectivity index (χ0n) is 36.7. The molecule has 2 aromatic heterocycles. The Balaban J connectivity index is 1.11. The second-order valence-corrected chi connectivity index (χ2v) is 21.5. The van der Waals surface area contributed by atoms with Crippen molar-refractivity contribution in [3.05, 3.63) is 125 Å². The number of fused-ring (bicyclic) bond motifs is 1. The van der Waals surface area contributed by atoms with E-state index in [4.69, 9.17) is 35.5 Å². The van der Waals surface area contributed by atoms with Gasteiger partial charge in [0, 0.05) is 44.2 Å². The fourth-order valence-corrected chi connectivity index (χ4v) is 13.4. The predicted molar refractivity (Wildman–Crippen MR) is 246 cm³/mol. The van der Waals surface area contributed by atoms with E-state index in [1.54, 1.807) is 15.5 Å². The van der Waals surface area contributed by atoms with Gasteiger partial charge in [0.1, 0.15) is 31.6 Å². The number of nitrogens with zero attached hydrogens (tertiary/aromatic N) is 5. The minimum Gasteiger partial charge on any atom is -0.445 e. The van der Waals surface area contributed by atoms with Crippen LogP contribution in [0.1, 0.15) is 63.8 Å². The summed E-state index contributed by atoms with van der Waals surface area (Å²) in [6.07, 6.45) is 7.94. The minimum absolute atomic E-state index is 0.00721. The van der Waals surface area contributed by atoms with Crippen LogP contribution in [0.2, 0.25) is 5.04 Å². The van der Waals surface area contributed by atoms with Crippen molar-refractivity contribution in [3.8, 4) is 12.3 Å². The molecule has 1 unspecified atom stereocenters. The molecule has 2 fully saturated rings. The number of hydrogen-bond acceptors (Lipinski definition) is 12. The highest BCUT2D eigenvalue weighted by molar-refractivity contribution is 6.99. The third-order valence-corrected chi connectivity index (χ3v) is 16.9. The number of amides is 1. The summed E-state index contributed by atoms with van der Waals surface area (Å²) in [5.74, 6) is 2.59. The Hall–Kier alpha value is -6.25. The molecule has 4 heterocycles. The van der Waals surface area contributed by atoms with Gasteiger partial charge in [0.15, 0.2) is 11.2 Å². The van der Waals surface area contributed by atoms with Crippen molar-refractivity contribution in [1.82, 2.24) is 29.3 Å². The molecule has 0 saturated carbocycles. The van der Waals surface area contributed by atoms with Gasteiger partial charge in [-0.3, -0.25) is 19.2 Å². The number of likely N-dealkylation sites (tertiary alicyclic amines) is 1. The highest BCUT2D eigenvalue weighted by Crippen LogP contribution is 2.39. The molecule has 3 N–H and O–H groups in total. The van der Waals surface area contributed by atoms with Crippen molar-refractivity contribution in [3.63, 3.8) is 0 Å². The Morgan fingerprint density at radius 1 is 1.05 bits per heavy atom. The summed E-state index contributed by atoms with van der Waals surface area (Å²) in [5.41, 5.74) is 7.59. The van der Waals surface area contributed by atoms with Crippen LogP contribution in [0.25, 0.3) is 11.2 Å². The summed E-state index contributed by atoms with van der Waals surface area (Å²) in [4.78, 5) is 54.6. The highest BCUT2D eigenvalue weighted by atomic mass is 28.4. The van der Waals surface area contributed by atoms with Crippen LogP contribution in [0, 0.1) is 12.3 Å². The molecule has 0 radical (unpaired) electrons. The molecule has 1 amide bonds. The number of benzene rings is 3. The van der Waals surface area contributed by atoms with E-state index in [1.165, 1.54) is 6.33 Å². The molecular weight excluding hydrogens is 831 g/mol. The average Bonchev–Trinajstić information content (AvgIpc) is 3.90. The molecule has 0 aliphatic carbocycles. The van der Waals surface area contributed by atoms with E-state index in [2.05, 4.69) is 77.4 Å². The van der Waals surface area contributed by atoms with Crippen molar-refractivity contribution in [1.29, 1.82) is 0 Å². The number of carbonyl (C=O) groups excluding carboxylic acids is 2. The van der Waals surface area contributed by atoms with Crippen LogP contribution >= 0.6 is 0 Å². The number of aromatic amines is 1. The topological polar surface area (TPSA) is 176 Å². The summed E-state index contributed by atoms with van der Waals surface area (Å²) >= 11 is 0. The lowest BCUT2D eigenvalue weighted by Crippen LogP contribution is -2.67. The molecule has 15 nitrogen and oxygen atoms in total. The number of imidazole rings is 1. The van der Waals surface area contributed by atoms with E-state index in [-0.39, 0.29) is 60.5 Å². The van der Waals surface area contributed by atoms with E-state index in [9.17, 15) is 14.4 Å². The number of terminal acetylenes is 1. The van der Waals surface area contributed by atoms with Crippen molar-refractivity contribution in [2.24, 2.45) is 0 Å². The molecule has 336 valence electrons. The summed E-state index contributed by atoms with van der Waals surface area (Å²) in [6.45, 7) is 12.4. The van der Waals surface area contributed by atoms with Gasteiger partial charge in [0.2, 0.25) is 5.95 Å². The lowest BCUT2D eigenvalue weighted by atomic mass is 10.0. The van der Waals surface area contributed by atoms with Crippen molar-refractivity contribution < 1.29 is 33.0 Å². The largest absolute Gasteiger partial charge is 0.508 e. The van der Waals surface area contributed by atoms with Crippen LogP contribution in [0.5, 0.6) is 0 Å². The number of carbonyl (C=O) groups is 2. The number of rotatable bonds is 16. The molecule has 16 heteroatoms. The van der Waals surface area contributed by atoms with Crippen LogP contribution in [-0.4, -0.2) is 108 Å². The normalized spacial score (nSPS) is 19.0. The van der Waals surface area contributed by atoms with E-state index in [0.29, 0.717) is 26.2 Å². The first kappa shape index (κ1) is 45.8. The first-order valence-corrected chi connectivity index (χ1v) is 23.6. The van der Waals surface area contributed by atoms with Gasteiger partial charge >= 0.3 is 12.2 Å². The number of H-pyrrole nitrogens is 1. The number of nitrogens with one attached hydrogen (secondary N) is 1.